The number of fused-ring (bicyclic) bond motifs is 1. The van der Waals surface area contributed by atoms with Gasteiger partial charge in [0.15, 0.2) is 40.6 Å². The Bertz CT molecular complexity index is 1580. The van der Waals surface area contributed by atoms with Crippen LogP contribution in [0.5, 0.6) is 0 Å². The van der Waals surface area contributed by atoms with Crippen molar-refractivity contribution in [3.8, 4) is 0 Å². The third-order valence-corrected chi connectivity index (χ3v) is 7.00. The molecule has 0 bridgehead atoms. The van der Waals surface area contributed by atoms with Gasteiger partial charge in [-0.15, -0.1) is 4.68 Å². The number of halogens is 10. The maximum Gasteiger partial charge on any atom is 0.549 e. The van der Waals surface area contributed by atoms with E-state index < -0.39 is 98.0 Å². The van der Waals surface area contributed by atoms with Gasteiger partial charge in [-0.2, -0.15) is 0 Å². The lowest BCUT2D eigenvalue weighted by molar-refractivity contribution is -0.631. The standard InChI is InChI=1S/C28H28BF10N3O/c1-26(2,3)11-10-12(27(4,5)6)42-29(43-25(41(11)42)40-28(7,8)9,13-15(30)19(34)23(38)20(35)16(13)31)14-17(32)21(36)24(39)22(37)18(14)33/h10H,1-9H3. The monoisotopic (exact) mass is 623 g/mol. The van der Waals surface area contributed by atoms with Crippen LogP contribution in [0.3, 0.4) is 0 Å². The van der Waals surface area contributed by atoms with E-state index in [1.165, 1.54) is 26.8 Å². The minimum Gasteiger partial charge on any atom is -0.619 e. The highest BCUT2D eigenvalue weighted by molar-refractivity contribution is 6.92. The van der Waals surface area contributed by atoms with Crippen LogP contribution in [0.4, 0.5) is 43.9 Å². The Kier molecular flexibility index (Phi) is 7.34. The zero-order valence-corrected chi connectivity index (χ0v) is 24.7. The summed E-state index contributed by atoms with van der Waals surface area (Å²) in [5.74, 6) is -25.8. The molecule has 1 aliphatic rings. The summed E-state index contributed by atoms with van der Waals surface area (Å²) in [6, 6.07) is 0.774. The lowest BCUT2D eigenvalue weighted by atomic mass is 9.41. The Balaban J connectivity index is 2.48. The largest absolute Gasteiger partial charge is 0.619 e. The highest BCUT2D eigenvalue weighted by Crippen LogP contribution is 2.34. The number of nitrogens with zero attached hydrogens (tertiary/aromatic N) is 3. The van der Waals surface area contributed by atoms with Gasteiger partial charge in [-0.25, -0.2) is 48.9 Å². The van der Waals surface area contributed by atoms with Gasteiger partial charge in [0.25, 0.3) is 6.02 Å². The predicted octanol–water partition coefficient (Wildman–Crippen LogP) is 5.90. The van der Waals surface area contributed by atoms with Crippen LogP contribution in [0.2, 0.25) is 0 Å². The fourth-order valence-corrected chi connectivity index (χ4v) is 5.18. The SMILES string of the molecule is CC(C)(C)N=C1O[B-](c2c(F)c(F)c(F)c(F)c2F)(c2c(F)c(F)c(F)c(F)c2F)[n+]2c(C(C)(C)C)cc(C(C)(C)C)n21. The van der Waals surface area contributed by atoms with Gasteiger partial charge in [-0.05, 0) is 31.7 Å². The zero-order valence-electron chi connectivity index (χ0n) is 24.7. The third-order valence-electron chi connectivity index (χ3n) is 7.00. The molecule has 2 heterocycles. The quantitative estimate of drug-likeness (QED) is 0.152. The van der Waals surface area contributed by atoms with Gasteiger partial charge < -0.3 is 4.65 Å². The lowest BCUT2D eigenvalue weighted by Gasteiger charge is -2.32. The third kappa shape index (κ3) is 4.69. The molecule has 0 atom stereocenters. The van der Waals surface area contributed by atoms with Crippen LogP contribution >= 0.6 is 0 Å². The summed E-state index contributed by atoms with van der Waals surface area (Å²) < 4.78 is 158. The van der Waals surface area contributed by atoms with Crippen LogP contribution in [-0.2, 0) is 15.5 Å². The number of hydrogen-bond donors (Lipinski definition) is 0. The maximum absolute atomic E-state index is 15.8. The maximum atomic E-state index is 15.8. The van der Waals surface area contributed by atoms with Gasteiger partial charge in [-0.1, -0.05) is 41.5 Å². The van der Waals surface area contributed by atoms with Crippen molar-refractivity contribution in [2.45, 2.75) is 78.7 Å². The summed E-state index contributed by atoms with van der Waals surface area (Å²) in [6.07, 6.45) is 0. The van der Waals surface area contributed by atoms with E-state index in [1.54, 1.807) is 41.5 Å². The lowest BCUT2D eigenvalue weighted by Crippen LogP contribution is -2.83. The molecule has 0 N–H and O–H groups in total. The molecule has 4 rings (SSSR count). The predicted molar refractivity (Wildman–Crippen MR) is 139 cm³/mol. The summed E-state index contributed by atoms with van der Waals surface area (Å²) in [5.41, 5.74) is -7.00. The highest BCUT2D eigenvalue weighted by atomic mass is 19.2. The molecule has 0 fully saturated rings. The average molecular weight is 623 g/mol. The molecule has 1 aliphatic heterocycles. The fraction of sp³-hybridized carbons (Fsp3) is 0.429. The molecule has 0 unspecified atom stereocenters. The zero-order chi connectivity index (χ0) is 32.9. The molecular formula is C28H28BF10N3O. The van der Waals surface area contributed by atoms with Gasteiger partial charge in [0, 0.05) is 16.9 Å². The number of aromatic nitrogens is 2. The second-order valence-electron chi connectivity index (χ2n) is 13.5. The van der Waals surface area contributed by atoms with E-state index in [0.717, 1.165) is 4.68 Å². The molecule has 0 saturated carbocycles. The van der Waals surface area contributed by atoms with Crippen molar-refractivity contribution < 1.29 is 53.2 Å². The average Bonchev–Trinajstić information content (AvgIpc) is 3.41. The Labute approximate surface area is 240 Å². The van der Waals surface area contributed by atoms with Crippen molar-refractivity contribution in [3.05, 3.63) is 75.6 Å². The molecule has 15 heteroatoms. The van der Waals surface area contributed by atoms with Gasteiger partial charge in [0.1, 0.15) is 23.3 Å². The molecule has 43 heavy (non-hydrogen) atoms. The van der Waals surface area contributed by atoms with E-state index in [4.69, 9.17) is 4.65 Å². The van der Waals surface area contributed by atoms with Gasteiger partial charge in [-0.3, -0.25) is 4.59 Å². The summed E-state index contributed by atoms with van der Waals surface area (Å²) >= 11 is 0. The van der Waals surface area contributed by atoms with E-state index >= 15 is 17.6 Å². The highest BCUT2D eigenvalue weighted by Gasteiger charge is 2.64. The van der Waals surface area contributed by atoms with Crippen LogP contribution in [0.25, 0.3) is 0 Å². The molecule has 4 nitrogen and oxygen atoms in total. The number of aliphatic imine (C=N–C) groups is 1. The minimum absolute atomic E-state index is 0.0792. The molecule has 0 amide bonds. The summed E-state index contributed by atoms with van der Waals surface area (Å²) in [4.78, 5) is 4.35. The first kappa shape index (κ1) is 32.4. The normalized spacial score (nSPS) is 16.2. The van der Waals surface area contributed by atoms with Gasteiger partial charge in [0.05, 0.1) is 11.2 Å². The fourth-order valence-electron chi connectivity index (χ4n) is 5.18. The molecule has 0 saturated heterocycles. The molecule has 234 valence electrons. The van der Waals surface area contributed by atoms with Crippen LogP contribution in [0, 0.1) is 58.2 Å². The van der Waals surface area contributed by atoms with Crippen LogP contribution in [0.15, 0.2) is 11.1 Å². The van der Waals surface area contributed by atoms with E-state index in [1.807, 2.05) is 0 Å². The topological polar surface area (TPSA) is 30.4 Å². The number of hydrogen-bond acceptors (Lipinski definition) is 2. The second kappa shape index (κ2) is 9.75. The summed E-state index contributed by atoms with van der Waals surface area (Å²) in [7, 11) is 0. The Morgan fingerprint density at radius 3 is 1.23 bits per heavy atom. The van der Waals surface area contributed by atoms with Crippen LogP contribution < -0.4 is 15.5 Å². The van der Waals surface area contributed by atoms with Gasteiger partial charge in [0.2, 0.25) is 0 Å². The second-order valence-corrected chi connectivity index (χ2v) is 13.5. The van der Waals surface area contributed by atoms with Crippen LogP contribution in [0.1, 0.15) is 73.7 Å². The summed E-state index contributed by atoms with van der Waals surface area (Å²) in [6.45, 7) is 9.42. The first-order valence-corrected chi connectivity index (χ1v) is 13.1. The molecular weight excluding hydrogens is 595 g/mol. The van der Waals surface area contributed by atoms with E-state index in [0.29, 0.717) is 4.59 Å². The Morgan fingerprint density at radius 1 is 0.581 bits per heavy atom. The Morgan fingerprint density at radius 2 is 0.930 bits per heavy atom. The molecule has 0 radical (unpaired) electrons. The van der Waals surface area contributed by atoms with Crippen molar-refractivity contribution in [3.63, 3.8) is 0 Å². The Hall–Kier alpha value is -3.52. The van der Waals surface area contributed by atoms with E-state index in [2.05, 4.69) is 4.99 Å². The number of rotatable bonds is 2. The van der Waals surface area contributed by atoms with Crippen molar-refractivity contribution >= 4 is 23.4 Å². The molecule has 3 aromatic rings. The first-order chi connectivity index (χ1) is 19.4. The van der Waals surface area contributed by atoms with Crippen molar-refractivity contribution in [1.29, 1.82) is 0 Å². The van der Waals surface area contributed by atoms with Gasteiger partial charge >= 0.3 is 6.48 Å². The van der Waals surface area contributed by atoms with Crippen molar-refractivity contribution in [2.75, 3.05) is 0 Å². The van der Waals surface area contributed by atoms with Crippen molar-refractivity contribution in [1.82, 2.24) is 4.68 Å². The molecule has 0 spiro atoms. The summed E-state index contributed by atoms with van der Waals surface area (Å²) in [5, 5.41) is 0. The minimum atomic E-state index is -4.79. The molecule has 0 aliphatic carbocycles. The van der Waals surface area contributed by atoms with Crippen LogP contribution in [-0.4, -0.2) is 22.7 Å². The van der Waals surface area contributed by atoms with E-state index in [-0.39, 0.29) is 11.4 Å². The first-order valence-electron chi connectivity index (χ1n) is 13.1. The number of benzene rings is 2. The molecule has 1 aromatic heterocycles. The molecule has 2 aromatic carbocycles. The van der Waals surface area contributed by atoms with Crippen molar-refractivity contribution in [2.24, 2.45) is 4.99 Å². The van der Waals surface area contributed by atoms with E-state index in [9.17, 15) is 26.3 Å². The smallest absolute Gasteiger partial charge is 0.549 e.